The van der Waals surface area contributed by atoms with Gasteiger partial charge in [0, 0.05) is 23.8 Å². The SMILES string of the molecule is O=[N+]([O-])c1ccc(-c2cc(CO)no2)cc1. The Labute approximate surface area is 90.3 Å². The number of aromatic nitrogens is 1. The van der Waals surface area contributed by atoms with E-state index in [-0.39, 0.29) is 12.3 Å². The lowest BCUT2D eigenvalue weighted by Crippen LogP contribution is -1.86. The molecule has 82 valence electrons. The van der Waals surface area contributed by atoms with E-state index in [1.165, 1.54) is 12.1 Å². The quantitative estimate of drug-likeness (QED) is 0.628. The normalized spacial score (nSPS) is 10.3. The number of non-ortho nitro benzene ring substituents is 1. The first-order valence-electron chi connectivity index (χ1n) is 4.52. The van der Waals surface area contributed by atoms with Crippen molar-refractivity contribution in [2.75, 3.05) is 0 Å². The third-order valence-electron chi connectivity index (χ3n) is 2.08. The van der Waals surface area contributed by atoms with Crippen molar-refractivity contribution in [1.82, 2.24) is 5.16 Å². The van der Waals surface area contributed by atoms with E-state index < -0.39 is 4.92 Å². The van der Waals surface area contributed by atoms with Gasteiger partial charge in [-0.2, -0.15) is 0 Å². The van der Waals surface area contributed by atoms with Crippen LogP contribution < -0.4 is 0 Å². The maximum atomic E-state index is 10.4. The molecule has 0 saturated carbocycles. The number of aliphatic hydroxyl groups is 1. The summed E-state index contributed by atoms with van der Waals surface area (Å²) in [6.45, 7) is -0.198. The van der Waals surface area contributed by atoms with E-state index in [0.717, 1.165) is 0 Å². The molecule has 0 aliphatic carbocycles. The second-order valence-corrected chi connectivity index (χ2v) is 3.14. The van der Waals surface area contributed by atoms with Crippen molar-refractivity contribution in [1.29, 1.82) is 0 Å². The number of benzene rings is 1. The highest BCUT2D eigenvalue weighted by molar-refractivity contribution is 5.59. The van der Waals surface area contributed by atoms with E-state index in [1.807, 2.05) is 0 Å². The summed E-state index contributed by atoms with van der Waals surface area (Å²) < 4.78 is 4.96. The van der Waals surface area contributed by atoms with E-state index in [9.17, 15) is 10.1 Å². The molecule has 0 atom stereocenters. The third-order valence-corrected chi connectivity index (χ3v) is 2.08. The first kappa shape index (κ1) is 10.3. The van der Waals surface area contributed by atoms with Crippen molar-refractivity contribution in [3.05, 3.63) is 46.1 Å². The number of hydrogen-bond acceptors (Lipinski definition) is 5. The molecule has 1 N–H and O–H groups in total. The van der Waals surface area contributed by atoms with Gasteiger partial charge in [0.15, 0.2) is 5.76 Å². The van der Waals surface area contributed by atoms with Crippen LogP contribution in [0.5, 0.6) is 0 Å². The average Bonchev–Trinajstić information content (AvgIpc) is 2.77. The highest BCUT2D eigenvalue weighted by Crippen LogP contribution is 2.22. The molecule has 6 nitrogen and oxygen atoms in total. The number of nitro benzene ring substituents is 1. The molecule has 0 radical (unpaired) electrons. The van der Waals surface area contributed by atoms with Crippen molar-refractivity contribution >= 4 is 5.69 Å². The number of nitro groups is 1. The Balaban J connectivity index is 2.30. The van der Waals surface area contributed by atoms with Crippen molar-refractivity contribution < 1.29 is 14.6 Å². The molecule has 1 heterocycles. The van der Waals surface area contributed by atoms with Crippen LogP contribution in [0.25, 0.3) is 11.3 Å². The molecule has 0 unspecified atom stereocenters. The Kier molecular flexibility index (Phi) is 2.65. The summed E-state index contributed by atoms with van der Waals surface area (Å²) in [5.74, 6) is 0.471. The summed E-state index contributed by atoms with van der Waals surface area (Å²) in [5.41, 5.74) is 1.12. The summed E-state index contributed by atoms with van der Waals surface area (Å²) in [4.78, 5) is 9.97. The Hall–Kier alpha value is -2.21. The zero-order valence-electron chi connectivity index (χ0n) is 8.16. The van der Waals surface area contributed by atoms with Gasteiger partial charge in [-0.15, -0.1) is 0 Å². The van der Waals surface area contributed by atoms with Gasteiger partial charge in [-0.1, -0.05) is 5.16 Å². The first-order chi connectivity index (χ1) is 7.70. The fourth-order valence-corrected chi connectivity index (χ4v) is 1.27. The van der Waals surface area contributed by atoms with Gasteiger partial charge in [-0.05, 0) is 12.1 Å². The van der Waals surface area contributed by atoms with E-state index in [0.29, 0.717) is 17.0 Å². The van der Waals surface area contributed by atoms with Gasteiger partial charge in [-0.3, -0.25) is 10.1 Å². The van der Waals surface area contributed by atoms with Crippen molar-refractivity contribution in [2.45, 2.75) is 6.61 Å². The molecule has 6 heteroatoms. The minimum Gasteiger partial charge on any atom is -0.390 e. The minimum absolute atomic E-state index is 0.0191. The molecular weight excluding hydrogens is 212 g/mol. The van der Waals surface area contributed by atoms with Crippen molar-refractivity contribution in [3.63, 3.8) is 0 Å². The van der Waals surface area contributed by atoms with E-state index in [2.05, 4.69) is 5.16 Å². The molecule has 0 saturated heterocycles. The van der Waals surface area contributed by atoms with Crippen LogP contribution in [0, 0.1) is 10.1 Å². The molecule has 0 amide bonds. The summed E-state index contributed by atoms with van der Waals surface area (Å²) in [7, 11) is 0. The van der Waals surface area contributed by atoms with Gasteiger partial charge >= 0.3 is 0 Å². The Bertz CT molecular complexity index is 504. The van der Waals surface area contributed by atoms with Crippen LogP contribution in [0.15, 0.2) is 34.9 Å². The van der Waals surface area contributed by atoms with Crippen LogP contribution in [-0.2, 0) is 6.61 Å². The number of hydrogen-bond donors (Lipinski definition) is 1. The van der Waals surface area contributed by atoms with Gasteiger partial charge < -0.3 is 9.63 Å². The van der Waals surface area contributed by atoms with Gasteiger partial charge in [0.05, 0.1) is 11.5 Å². The second-order valence-electron chi connectivity index (χ2n) is 3.14. The lowest BCUT2D eigenvalue weighted by Gasteiger charge is -1.94. The van der Waals surface area contributed by atoms with Crippen LogP contribution in [0.4, 0.5) is 5.69 Å². The zero-order chi connectivity index (χ0) is 11.5. The fraction of sp³-hybridized carbons (Fsp3) is 0.100. The Morgan fingerprint density at radius 2 is 2.06 bits per heavy atom. The lowest BCUT2D eigenvalue weighted by molar-refractivity contribution is -0.384. The predicted molar refractivity (Wildman–Crippen MR) is 54.5 cm³/mol. The highest BCUT2D eigenvalue weighted by Gasteiger charge is 2.08. The molecule has 2 rings (SSSR count). The third kappa shape index (κ3) is 1.91. The zero-order valence-corrected chi connectivity index (χ0v) is 8.16. The molecule has 16 heavy (non-hydrogen) atoms. The van der Waals surface area contributed by atoms with Gasteiger partial charge in [0.25, 0.3) is 5.69 Å². The number of rotatable bonds is 3. The predicted octanol–water partition coefficient (Wildman–Crippen LogP) is 1.74. The van der Waals surface area contributed by atoms with E-state index in [1.54, 1.807) is 18.2 Å². The van der Waals surface area contributed by atoms with Crippen LogP contribution in [0.3, 0.4) is 0 Å². The minimum atomic E-state index is -0.469. The summed E-state index contributed by atoms with van der Waals surface area (Å²) in [6.07, 6.45) is 0. The molecule has 1 aromatic heterocycles. The molecule has 0 bridgehead atoms. The lowest BCUT2D eigenvalue weighted by atomic mass is 10.1. The largest absolute Gasteiger partial charge is 0.390 e. The maximum absolute atomic E-state index is 10.4. The first-order valence-corrected chi connectivity index (χ1v) is 4.52. The molecule has 0 spiro atoms. The molecule has 0 fully saturated rings. The monoisotopic (exact) mass is 220 g/mol. The maximum Gasteiger partial charge on any atom is 0.269 e. The molecular formula is C10H8N2O4. The Morgan fingerprint density at radius 3 is 2.56 bits per heavy atom. The van der Waals surface area contributed by atoms with Gasteiger partial charge in [0.1, 0.15) is 5.69 Å². The van der Waals surface area contributed by atoms with Crippen LogP contribution in [0.2, 0.25) is 0 Å². The number of aliphatic hydroxyl groups excluding tert-OH is 1. The molecule has 0 aliphatic rings. The van der Waals surface area contributed by atoms with Crippen LogP contribution in [-0.4, -0.2) is 15.2 Å². The number of nitrogens with zero attached hydrogens (tertiary/aromatic N) is 2. The summed E-state index contributed by atoms with van der Waals surface area (Å²) in [5, 5.41) is 22.8. The van der Waals surface area contributed by atoms with E-state index >= 15 is 0 Å². The second kappa shape index (κ2) is 4.11. The highest BCUT2D eigenvalue weighted by atomic mass is 16.6. The topological polar surface area (TPSA) is 89.4 Å². The van der Waals surface area contributed by atoms with E-state index in [4.69, 9.17) is 9.63 Å². The van der Waals surface area contributed by atoms with Gasteiger partial charge in [-0.25, -0.2) is 0 Å². The van der Waals surface area contributed by atoms with Crippen LogP contribution in [0.1, 0.15) is 5.69 Å². The molecule has 0 aliphatic heterocycles. The fourth-order valence-electron chi connectivity index (χ4n) is 1.27. The van der Waals surface area contributed by atoms with Gasteiger partial charge in [0.2, 0.25) is 0 Å². The smallest absolute Gasteiger partial charge is 0.269 e. The average molecular weight is 220 g/mol. The van der Waals surface area contributed by atoms with Crippen molar-refractivity contribution in [2.24, 2.45) is 0 Å². The Morgan fingerprint density at radius 1 is 1.38 bits per heavy atom. The standard InChI is InChI=1S/C10H8N2O4/c13-6-8-5-10(16-11-8)7-1-3-9(4-2-7)12(14)15/h1-5,13H,6H2. The summed E-state index contributed by atoms with van der Waals surface area (Å²) >= 11 is 0. The van der Waals surface area contributed by atoms with Crippen LogP contribution >= 0.6 is 0 Å². The summed E-state index contributed by atoms with van der Waals surface area (Å²) in [6, 6.07) is 7.49. The molecule has 2 aromatic rings. The molecule has 1 aromatic carbocycles. The van der Waals surface area contributed by atoms with Crippen molar-refractivity contribution in [3.8, 4) is 11.3 Å².